The van der Waals surface area contributed by atoms with Gasteiger partial charge in [0.15, 0.2) is 5.82 Å². The van der Waals surface area contributed by atoms with Gasteiger partial charge < -0.3 is 19.7 Å². The average molecular weight is 909 g/mol. The minimum atomic E-state index is -4.36. The van der Waals surface area contributed by atoms with E-state index in [1.54, 1.807) is 17.2 Å². The molecule has 0 saturated carbocycles. The zero-order valence-corrected chi connectivity index (χ0v) is 36.2. The quantitative estimate of drug-likeness (QED) is 0.111. The van der Waals surface area contributed by atoms with Crippen molar-refractivity contribution in [2.75, 3.05) is 55.4 Å². The summed E-state index contributed by atoms with van der Waals surface area (Å²) < 4.78 is 73.2. The lowest BCUT2D eigenvalue weighted by molar-refractivity contribution is -0.136. The third-order valence-corrected chi connectivity index (χ3v) is 15.5. The van der Waals surface area contributed by atoms with Crippen molar-refractivity contribution in [2.24, 2.45) is 5.41 Å². The zero-order valence-electron chi connectivity index (χ0n) is 35.4. The summed E-state index contributed by atoms with van der Waals surface area (Å²) in [5.41, 5.74) is 4.27. The number of H-pyrrole nitrogens is 1. The van der Waals surface area contributed by atoms with Crippen LogP contribution in [0.2, 0.25) is 0 Å². The van der Waals surface area contributed by atoms with Gasteiger partial charge >= 0.3 is 10.2 Å². The molecule has 10 rings (SSSR count). The number of ketones is 1. The van der Waals surface area contributed by atoms with Crippen molar-refractivity contribution >= 4 is 56.1 Å². The number of alkyl halides is 1. The van der Waals surface area contributed by atoms with Crippen molar-refractivity contribution in [1.82, 2.24) is 29.4 Å². The topological polar surface area (TPSA) is 168 Å². The van der Waals surface area contributed by atoms with Crippen molar-refractivity contribution in [3.05, 3.63) is 113 Å². The van der Waals surface area contributed by atoms with Gasteiger partial charge in [-0.25, -0.2) is 18.2 Å². The molecule has 3 amide bonds. The molecule has 18 heteroatoms. The van der Waals surface area contributed by atoms with E-state index in [0.717, 1.165) is 97.2 Å². The molecule has 7 heterocycles. The number of amides is 3. The number of anilines is 2. The van der Waals surface area contributed by atoms with E-state index in [1.807, 2.05) is 29.0 Å². The first-order chi connectivity index (χ1) is 31.2. The normalized spacial score (nSPS) is 21.4. The van der Waals surface area contributed by atoms with Crippen LogP contribution in [-0.2, 0) is 32.8 Å². The van der Waals surface area contributed by atoms with Crippen LogP contribution < -0.4 is 14.9 Å². The highest BCUT2D eigenvalue weighted by molar-refractivity contribution is 7.90. The molecule has 5 aliphatic rings. The Morgan fingerprint density at radius 2 is 1.71 bits per heavy atom. The van der Waals surface area contributed by atoms with Crippen LogP contribution in [0.5, 0.6) is 0 Å². The molecule has 338 valence electrons. The number of nitrogens with one attached hydrogen (secondary N) is 3. The number of fused-ring (bicyclic) bond motifs is 2. The summed E-state index contributed by atoms with van der Waals surface area (Å²) >= 11 is 0. The number of nitrogens with zero attached hydrogens (tertiary/aromatic N) is 5. The highest BCUT2D eigenvalue weighted by Gasteiger charge is 2.42. The van der Waals surface area contributed by atoms with E-state index >= 15 is 8.78 Å². The Morgan fingerprint density at radius 3 is 2.46 bits per heavy atom. The number of carbonyl (C=O) groups excluding carboxylic acids is 4. The van der Waals surface area contributed by atoms with Crippen molar-refractivity contribution in [2.45, 2.75) is 63.7 Å². The lowest BCUT2D eigenvalue weighted by atomic mass is 9.77. The monoisotopic (exact) mass is 908 g/mol. The van der Waals surface area contributed by atoms with E-state index in [-0.39, 0.29) is 48.7 Å². The fraction of sp³-hybridized carbons (Fsp3) is 0.383. The van der Waals surface area contributed by atoms with Gasteiger partial charge in [0.2, 0.25) is 17.6 Å². The van der Waals surface area contributed by atoms with Crippen LogP contribution in [0.3, 0.4) is 0 Å². The molecule has 14 nitrogen and oxygen atoms in total. The number of hydrogen-bond acceptors (Lipinski definition) is 9. The molecule has 65 heavy (non-hydrogen) atoms. The molecule has 0 bridgehead atoms. The third-order valence-electron chi connectivity index (χ3n) is 14.0. The standard InChI is InChI=1S/C47H47F3N8O6S/c48-32-12-17-57(26-32)65(63,64)54-38-8-7-37(49)41(42(38)50)43(60)36-24-52-44-35(36)22-30(23-51-44)29-2-4-33(5-3-29)56-20-15-47(27-56)13-18-55(19-14-47)16-11-28-1-6-34-31(21-28)25-58(46(34)62)39-9-10-40(59)53-45(39)61/h1-8,21-24,32,39,54H,9-20,25-27H2,(H,51,52)(H,53,59,61)/t32-,39?/m1/s1. The predicted octanol–water partition coefficient (Wildman–Crippen LogP) is 5.74. The second-order valence-electron chi connectivity index (χ2n) is 18.0. The summed E-state index contributed by atoms with van der Waals surface area (Å²) in [5.74, 6) is -4.42. The van der Waals surface area contributed by atoms with E-state index in [9.17, 15) is 32.0 Å². The SMILES string of the molecule is O=C1CCC(N2Cc3cc(CCN4CCC5(CC4)CCN(c4ccc(-c6cnc7[nH]cc(C(=O)c8c(F)ccc(NS(=O)(=O)N9CC[C@@H](F)C9)c8F)c7c6)cc4)C5)ccc3C2=O)C(=O)N1. The highest BCUT2D eigenvalue weighted by Crippen LogP contribution is 2.42. The molecule has 2 atom stereocenters. The Bertz CT molecular complexity index is 2870. The van der Waals surface area contributed by atoms with E-state index in [2.05, 4.69) is 43.3 Å². The number of imide groups is 1. The van der Waals surface area contributed by atoms with Crippen LogP contribution in [0.15, 0.2) is 73.1 Å². The van der Waals surface area contributed by atoms with Gasteiger partial charge in [0.05, 0.1) is 11.3 Å². The summed E-state index contributed by atoms with van der Waals surface area (Å²) in [7, 11) is -4.36. The molecule has 0 aliphatic carbocycles. The highest BCUT2D eigenvalue weighted by atomic mass is 32.2. The number of pyridine rings is 1. The van der Waals surface area contributed by atoms with Gasteiger partial charge in [0.25, 0.3) is 5.91 Å². The van der Waals surface area contributed by atoms with Gasteiger partial charge in [0.1, 0.15) is 23.7 Å². The van der Waals surface area contributed by atoms with Gasteiger partial charge in [-0.3, -0.25) is 29.2 Å². The number of halogens is 3. The maximum atomic E-state index is 15.8. The minimum absolute atomic E-state index is 0.00349. The Balaban J connectivity index is 0.753. The van der Waals surface area contributed by atoms with Crippen LogP contribution in [0, 0.1) is 17.0 Å². The second kappa shape index (κ2) is 16.7. The van der Waals surface area contributed by atoms with Gasteiger partial charge in [0, 0.05) is 85.8 Å². The number of aromatic nitrogens is 2. The van der Waals surface area contributed by atoms with Crippen molar-refractivity contribution in [1.29, 1.82) is 0 Å². The fourth-order valence-electron chi connectivity index (χ4n) is 10.2. The smallest absolute Gasteiger partial charge is 0.301 e. The van der Waals surface area contributed by atoms with Crippen LogP contribution in [0.1, 0.15) is 75.9 Å². The van der Waals surface area contributed by atoms with E-state index in [0.29, 0.717) is 35.1 Å². The number of likely N-dealkylation sites (tertiary alicyclic amines) is 1. The number of benzene rings is 3. The van der Waals surface area contributed by atoms with Gasteiger partial charge in [-0.2, -0.15) is 12.7 Å². The zero-order chi connectivity index (χ0) is 45.2. The first kappa shape index (κ1) is 42.8. The maximum absolute atomic E-state index is 15.8. The molecule has 0 radical (unpaired) electrons. The van der Waals surface area contributed by atoms with Crippen LogP contribution in [-0.4, -0.2) is 114 Å². The van der Waals surface area contributed by atoms with Crippen LogP contribution in [0.4, 0.5) is 24.5 Å². The number of aromatic amines is 1. The molecule has 3 aromatic carbocycles. The van der Waals surface area contributed by atoms with Gasteiger partial charge in [-0.1, -0.05) is 24.3 Å². The van der Waals surface area contributed by atoms with E-state index < -0.39 is 57.0 Å². The minimum Gasteiger partial charge on any atom is -0.371 e. The van der Waals surface area contributed by atoms with Gasteiger partial charge in [-0.05, 0) is 110 Å². The molecular weight excluding hydrogens is 862 g/mol. The Morgan fingerprint density at radius 1 is 0.923 bits per heavy atom. The molecule has 2 aromatic heterocycles. The predicted molar refractivity (Wildman–Crippen MR) is 236 cm³/mol. The van der Waals surface area contributed by atoms with Crippen molar-refractivity contribution in [3.63, 3.8) is 0 Å². The van der Waals surface area contributed by atoms with Crippen LogP contribution >= 0.6 is 0 Å². The molecule has 1 spiro atoms. The number of carbonyl (C=O) groups is 4. The first-order valence-electron chi connectivity index (χ1n) is 22.0. The lowest BCUT2D eigenvalue weighted by Crippen LogP contribution is -2.52. The number of piperidine rings is 2. The van der Waals surface area contributed by atoms with Crippen molar-refractivity contribution < 1.29 is 40.8 Å². The fourth-order valence-corrected chi connectivity index (χ4v) is 11.5. The molecule has 1 unspecified atom stereocenters. The molecule has 4 fully saturated rings. The van der Waals surface area contributed by atoms with Gasteiger partial charge in [-0.15, -0.1) is 0 Å². The molecule has 5 aliphatic heterocycles. The summed E-state index contributed by atoms with van der Waals surface area (Å²) in [6, 6.07) is 16.9. The Hall–Kier alpha value is -6.11. The summed E-state index contributed by atoms with van der Waals surface area (Å²) in [6.07, 6.45) is 6.35. The lowest BCUT2D eigenvalue weighted by Gasteiger charge is -2.39. The molecule has 4 saturated heterocycles. The summed E-state index contributed by atoms with van der Waals surface area (Å²) in [6.45, 7) is 4.71. The summed E-state index contributed by atoms with van der Waals surface area (Å²) in [5, 5.41) is 2.69. The Labute approximate surface area is 373 Å². The largest absolute Gasteiger partial charge is 0.371 e. The molecular formula is C47H47F3N8O6S. The maximum Gasteiger partial charge on any atom is 0.301 e. The first-order valence-corrected chi connectivity index (χ1v) is 23.4. The van der Waals surface area contributed by atoms with E-state index in [4.69, 9.17) is 0 Å². The molecule has 5 aromatic rings. The van der Waals surface area contributed by atoms with Crippen LogP contribution in [0.25, 0.3) is 22.2 Å². The molecule has 3 N–H and O–H groups in total. The van der Waals surface area contributed by atoms with Crippen molar-refractivity contribution in [3.8, 4) is 11.1 Å². The number of hydrogen-bond donors (Lipinski definition) is 3. The Kier molecular flexibility index (Phi) is 11.0. The third kappa shape index (κ3) is 8.16. The van der Waals surface area contributed by atoms with E-state index in [1.165, 1.54) is 6.20 Å². The number of rotatable bonds is 11. The average Bonchev–Trinajstić information content (AvgIpc) is 4.10. The summed E-state index contributed by atoms with van der Waals surface area (Å²) in [4.78, 5) is 64.9. The second-order valence-corrected chi connectivity index (χ2v) is 19.7.